The van der Waals surface area contributed by atoms with Crippen molar-refractivity contribution in [2.45, 2.75) is 33.7 Å². The molecule has 0 saturated carbocycles. The van der Waals surface area contributed by atoms with E-state index in [9.17, 15) is 19.7 Å². The lowest BCUT2D eigenvalue weighted by Crippen LogP contribution is -2.40. The lowest BCUT2D eigenvalue weighted by molar-refractivity contribution is -0.385. The Hall–Kier alpha value is -4.97. The molecule has 5 rings (SSSR count). The van der Waals surface area contributed by atoms with Crippen molar-refractivity contribution < 1.29 is 28.3 Å². The summed E-state index contributed by atoms with van der Waals surface area (Å²) < 4.78 is 24.1. The van der Waals surface area contributed by atoms with Gasteiger partial charge in [0.1, 0.15) is 29.1 Å². The third-order valence-corrected chi connectivity index (χ3v) is 8.26. The quantitative estimate of drug-likeness (QED) is 0.162. The number of nitro benzene ring substituents is 1. The number of nitro groups is 1. The summed E-state index contributed by atoms with van der Waals surface area (Å²) in [4.78, 5) is 43.3. The first kappa shape index (κ1) is 29.5. The fourth-order valence-corrected chi connectivity index (χ4v) is 6.04. The maximum atomic E-state index is 14.0. The minimum absolute atomic E-state index is 0.00277. The van der Waals surface area contributed by atoms with Crippen molar-refractivity contribution in [3.8, 4) is 22.8 Å². The molecule has 222 valence electrons. The van der Waals surface area contributed by atoms with Crippen LogP contribution < -0.4 is 24.4 Å². The molecule has 0 spiro atoms. The Morgan fingerprint density at radius 2 is 1.91 bits per heavy atom. The lowest BCUT2D eigenvalue weighted by atomic mass is 9.95. The van der Waals surface area contributed by atoms with Crippen LogP contribution >= 0.6 is 11.3 Å². The summed E-state index contributed by atoms with van der Waals surface area (Å²) in [5, 5.41) is 11.5. The van der Waals surface area contributed by atoms with Gasteiger partial charge in [-0.25, -0.2) is 9.79 Å². The second kappa shape index (κ2) is 11.7. The van der Waals surface area contributed by atoms with E-state index in [4.69, 9.17) is 18.6 Å². The molecule has 0 bridgehead atoms. The van der Waals surface area contributed by atoms with Crippen LogP contribution in [0.1, 0.15) is 42.3 Å². The fourth-order valence-electron chi connectivity index (χ4n) is 5.02. The highest BCUT2D eigenvalue weighted by molar-refractivity contribution is 7.07. The van der Waals surface area contributed by atoms with Gasteiger partial charge in [-0.1, -0.05) is 11.3 Å². The van der Waals surface area contributed by atoms with E-state index in [1.807, 2.05) is 6.07 Å². The van der Waals surface area contributed by atoms with Crippen LogP contribution in [-0.2, 0) is 9.53 Å². The van der Waals surface area contributed by atoms with E-state index in [-0.39, 0.29) is 23.4 Å². The van der Waals surface area contributed by atoms with Crippen LogP contribution in [0.15, 0.2) is 67.9 Å². The van der Waals surface area contributed by atoms with Crippen LogP contribution in [0.4, 0.5) is 5.69 Å². The molecule has 12 heteroatoms. The highest BCUT2D eigenvalue weighted by Crippen LogP contribution is 2.38. The van der Waals surface area contributed by atoms with Crippen molar-refractivity contribution in [2.24, 2.45) is 4.99 Å². The molecule has 0 aliphatic carbocycles. The molecule has 3 heterocycles. The van der Waals surface area contributed by atoms with Crippen LogP contribution in [0, 0.1) is 24.0 Å². The van der Waals surface area contributed by atoms with Crippen molar-refractivity contribution in [3.05, 3.63) is 106 Å². The van der Waals surface area contributed by atoms with Gasteiger partial charge in [0.05, 0.1) is 41.6 Å². The standard InChI is InChI=1S/C31H29N3O8S/c1-7-41-30(36)27-18(4)32-31-33(28(27)22-10-8-20(39-5)14-25(22)40-6)29(35)26(43-31)15-21-9-11-24(42-21)19-12-16(2)17(3)23(13-19)34(37)38/h8-15,28H,7H2,1-6H3/b26-15-/t28-/m0/s1. The van der Waals surface area contributed by atoms with E-state index >= 15 is 0 Å². The summed E-state index contributed by atoms with van der Waals surface area (Å²) in [5.41, 5.74) is 2.72. The molecule has 4 aromatic rings. The van der Waals surface area contributed by atoms with Crippen LogP contribution in [0.5, 0.6) is 11.5 Å². The third kappa shape index (κ3) is 5.37. The molecule has 0 fully saturated rings. The van der Waals surface area contributed by atoms with E-state index in [2.05, 4.69) is 4.99 Å². The monoisotopic (exact) mass is 603 g/mol. The van der Waals surface area contributed by atoms with Crippen LogP contribution in [0.3, 0.4) is 0 Å². The SMILES string of the molecule is CCOC(=O)C1=C(C)N=c2s/c(=C\c3ccc(-c4cc(C)c(C)c([N+](=O)[O-])c4)o3)c(=O)n2[C@H]1c1ccc(OC)cc1OC. The summed E-state index contributed by atoms with van der Waals surface area (Å²) in [6.45, 7) is 7.07. The highest BCUT2D eigenvalue weighted by Gasteiger charge is 2.35. The number of rotatable bonds is 8. The third-order valence-electron chi connectivity index (χ3n) is 7.27. The number of aryl methyl sites for hydroxylation is 1. The van der Waals surface area contributed by atoms with E-state index in [1.54, 1.807) is 64.1 Å². The number of methoxy groups -OCH3 is 2. The molecule has 1 aliphatic rings. The van der Waals surface area contributed by atoms with Gasteiger partial charge in [0.15, 0.2) is 4.80 Å². The number of thiazole rings is 1. The summed E-state index contributed by atoms with van der Waals surface area (Å²) in [6, 6.07) is 11.0. The van der Waals surface area contributed by atoms with Crippen molar-refractivity contribution in [1.82, 2.24) is 4.57 Å². The predicted octanol–water partition coefficient (Wildman–Crippen LogP) is 4.60. The van der Waals surface area contributed by atoms with Crippen molar-refractivity contribution >= 4 is 29.1 Å². The minimum Gasteiger partial charge on any atom is -0.497 e. The summed E-state index contributed by atoms with van der Waals surface area (Å²) >= 11 is 1.15. The molecule has 0 amide bonds. The zero-order chi connectivity index (χ0) is 31.0. The zero-order valence-corrected chi connectivity index (χ0v) is 25.2. The Balaban J connectivity index is 1.65. The molecule has 1 atom stereocenters. The van der Waals surface area contributed by atoms with E-state index in [1.165, 1.54) is 24.9 Å². The molecule has 0 unspecified atom stereocenters. The summed E-state index contributed by atoms with van der Waals surface area (Å²) in [6.07, 6.45) is 1.59. The van der Waals surface area contributed by atoms with Gasteiger partial charge in [-0.3, -0.25) is 19.5 Å². The first-order valence-corrected chi connectivity index (χ1v) is 14.2. The number of carbonyl (C=O) groups excluding carboxylic acids is 1. The number of carbonyl (C=O) groups is 1. The Morgan fingerprint density at radius 3 is 2.58 bits per heavy atom. The van der Waals surface area contributed by atoms with Crippen LogP contribution in [0.25, 0.3) is 17.4 Å². The second-order valence-corrected chi connectivity index (χ2v) is 10.8. The Bertz CT molecular complexity index is 1980. The van der Waals surface area contributed by atoms with E-state index in [0.29, 0.717) is 54.7 Å². The van der Waals surface area contributed by atoms with Crippen LogP contribution in [-0.4, -0.2) is 36.3 Å². The fraction of sp³-hybridized carbons (Fsp3) is 0.258. The van der Waals surface area contributed by atoms with Gasteiger partial charge in [-0.15, -0.1) is 0 Å². The topological polar surface area (TPSA) is 135 Å². The Morgan fingerprint density at radius 1 is 1.14 bits per heavy atom. The van der Waals surface area contributed by atoms with E-state index < -0.39 is 16.9 Å². The van der Waals surface area contributed by atoms with Gasteiger partial charge < -0.3 is 18.6 Å². The summed E-state index contributed by atoms with van der Waals surface area (Å²) in [5.74, 6) is 1.19. The number of hydrogen-bond acceptors (Lipinski definition) is 10. The van der Waals surface area contributed by atoms with Gasteiger partial charge in [0, 0.05) is 34.9 Å². The molecule has 2 aromatic carbocycles. The lowest BCUT2D eigenvalue weighted by Gasteiger charge is -2.26. The van der Waals surface area contributed by atoms with Crippen molar-refractivity contribution in [2.75, 3.05) is 20.8 Å². The van der Waals surface area contributed by atoms with Gasteiger partial charge >= 0.3 is 5.97 Å². The Kier molecular flexibility index (Phi) is 8.05. The first-order chi connectivity index (χ1) is 20.6. The number of fused-ring (bicyclic) bond motifs is 1. The number of furan rings is 1. The largest absolute Gasteiger partial charge is 0.497 e. The first-order valence-electron chi connectivity index (χ1n) is 13.3. The maximum absolute atomic E-state index is 14.0. The number of nitrogens with zero attached hydrogens (tertiary/aromatic N) is 3. The number of benzene rings is 2. The van der Waals surface area contributed by atoms with Gasteiger partial charge in [-0.05, 0) is 63.6 Å². The van der Waals surface area contributed by atoms with Crippen molar-refractivity contribution in [3.63, 3.8) is 0 Å². The molecular weight excluding hydrogens is 574 g/mol. The average Bonchev–Trinajstić information content (AvgIpc) is 3.57. The van der Waals surface area contributed by atoms with Gasteiger partial charge in [0.25, 0.3) is 11.2 Å². The molecule has 1 aliphatic heterocycles. The molecule has 0 N–H and O–H groups in total. The van der Waals surface area contributed by atoms with Gasteiger partial charge in [0.2, 0.25) is 0 Å². The molecule has 0 saturated heterocycles. The molecular formula is C31H29N3O8S. The number of hydrogen-bond donors (Lipinski definition) is 0. The predicted molar refractivity (Wildman–Crippen MR) is 160 cm³/mol. The Labute approximate surface area is 250 Å². The molecule has 43 heavy (non-hydrogen) atoms. The molecule has 2 aromatic heterocycles. The van der Waals surface area contributed by atoms with Gasteiger partial charge in [-0.2, -0.15) is 0 Å². The average molecular weight is 604 g/mol. The number of esters is 1. The maximum Gasteiger partial charge on any atom is 0.338 e. The molecule has 0 radical (unpaired) electrons. The summed E-state index contributed by atoms with van der Waals surface area (Å²) in [7, 11) is 3.04. The number of ether oxygens (including phenoxy) is 3. The smallest absolute Gasteiger partial charge is 0.338 e. The second-order valence-electron chi connectivity index (χ2n) is 9.81. The molecule has 11 nitrogen and oxygen atoms in total. The minimum atomic E-state index is -0.874. The van der Waals surface area contributed by atoms with E-state index in [0.717, 1.165) is 16.9 Å². The normalized spacial score (nSPS) is 14.7. The number of aromatic nitrogens is 1. The number of allylic oxidation sites excluding steroid dienone is 1. The van der Waals surface area contributed by atoms with Crippen molar-refractivity contribution in [1.29, 1.82) is 0 Å². The highest BCUT2D eigenvalue weighted by atomic mass is 32.1. The van der Waals surface area contributed by atoms with Crippen LogP contribution in [0.2, 0.25) is 0 Å². The zero-order valence-electron chi connectivity index (χ0n) is 24.4.